The summed E-state index contributed by atoms with van der Waals surface area (Å²) in [5, 5.41) is 0. The number of ether oxygens (including phenoxy) is 2. The third kappa shape index (κ3) is 7.50. The molecule has 54 valence electrons. The molecule has 0 fully saturated rings. The summed E-state index contributed by atoms with van der Waals surface area (Å²) in [7, 11) is 0. The number of hydrogen-bond donors (Lipinski definition) is 0. The summed E-state index contributed by atoms with van der Waals surface area (Å²) >= 11 is 0. The number of hydrogen-bond acceptors (Lipinski definition) is 2. The van der Waals surface area contributed by atoms with Crippen molar-refractivity contribution in [2.24, 2.45) is 0 Å². The van der Waals surface area contributed by atoms with Crippen molar-refractivity contribution in [3.8, 4) is 0 Å². The van der Waals surface area contributed by atoms with Crippen LogP contribution in [0.1, 0.15) is 13.8 Å². The molecule has 0 radical (unpaired) electrons. The topological polar surface area (TPSA) is 18.5 Å². The molecule has 0 bridgehead atoms. The Morgan fingerprint density at radius 2 is 2.11 bits per heavy atom. The minimum Gasteiger partial charge on any atom is -0.499 e. The van der Waals surface area contributed by atoms with Crippen LogP contribution in [-0.2, 0) is 9.47 Å². The van der Waals surface area contributed by atoms with Crippen LogP contribution in [0, 0.1) is 0 Å². The lowest BCUT2D eigenvalue weighted by Crippen LogP contribution is -2.07. The van der Waals surface area contributed by atoms with Crippen molar-refractivity contribution in [2.45, 2.75) is 20.0 Å². The fourth-order valence-electron chi connectivity index (χ4n) is 0.415. The van der Waals surface area contributed by atoms with Crippen LogP contribution in [0.5, 0.6) is 0 Å². The predicted molar refractivity (Wildman–Crippen MR) is 37.2 cm³/mol. The highest BCUT2D eigenvalue weighted by molar-refractivity contribution is 4.48. The highest BCUT2D eigenvalue weighted by atomic mass is 16.5. The van der Waals surface area contributed by atoms with Gasteiger partial charge in [-0.25, -0.2) is 0 Å². The van der Waals surface area contributed by atoms with Crippen molar-refractivity contribution in [1.82, 2.24) is 0 Å². The van der Waals surface area contributed by atoms with E-state index in [-0.39, 0.29) is 0 Å². The Morgan fingerprint density at radius 3 is 2.56 bits per heavy atom. The molecule has 0 atom stereocenters. The molecular weight excluding hydrogens is 116 g/mol. The van der Waals surface area contributed by atoms with Gasteiger partial charge in [-0.3, -0.25) is 0 Å². The first-order chi connectivity index (χ1) is 4.27. The summed E-state index contributed by atoms with van der Waals surface area (Å²) in [5.74, 6) is 0. The van der Waals surface area contributed by atoms with Gasteiger partial charge >= 0.3 is 0 Å². The highest BCUT2D eigenvalue weighted by Crippen LogP contribution is 1.86. The first-order valence-electron chi connectivity index (χ1n) is 3.11. The Morgan fingerprint density at radius 1 is 1.44 bits per heavy atom. The van der Waals surface area contributed by atoms with Gasteiger partial charge in [0.05, 0.1) is 19.0 Å². The van der Waals surface area contributed by atoms with Crippen LogP contribution in [0.2, 0.25) is 0 Å². The van der Waals surface area contributed by atoms with Gasteiger partial charge in [0, 0.05) is 0 Å². The SMILES string of the molecule is C=COCCOC(C)C. The van der Waals surface area contributed by atoms with Gasteiger partial charge in [-0.15, -0.1) is 0 Å². The second-order valence-corrected chi connectivity index (χ2v) is 1.96. The Kier molecular flexibility index (Phi) is 5.32. The summed E-state index contributed by atoms with van der Waals surface area (Å²) in [5.41, 5.74) is 0. The van der Waals surface area contributed by atoms with Gasteiger partial charge in [-0.05, 0) is 13.8 Å². The quantitative estimate of drug-likeness (QED) is 0.415. The molecule has 0 aliphatic heterocycles. The van der Waals surface area contributed by atoms with Gasteiger partial charge in [0.1, 0.15) is 6.61 Å². The van der Waals surface area contributed by atoms with Gasteiger partial charge in [-0.1, -0.05) is 6.58 Å². The Bertz CT molecular complexity index is 69.3. The molecule has 0 N–H and O–H groups in total. The normalized spacial score (nSPS) is 9.67. The molecule has 0 aliphatic rings. The predicted octanol–water partition coefficient (Wildman–Crippen LogP) is 1.57. The summed E-state index contributed by atoms with van der Waals surface area (Å²) in [4.78, 5) is 0. The standard InChI is InChI=1S/C7H14O2/c1-4-8-5-6-9-7(2)3/h4,7H,1,5-6H2,2-3H3. The third-order valence-electron chi connectivity index (χ3n) is 0.770. The van der Waals surface area contributed by atoms with Crippen molar-refractivity contribution in [2.75, 3.05) is 13.2 Å². The Labute approximate surface area is 56.5 Å². The number of rotatable bonds is 5. The summed E-state index contributed by atoms with van der Waals surface area (Å²) < 4.78 is 9.99. The molecule has 0 rings (SSSR count). The Balaban J connectivity index is 2.82. The van der Waals surface area contributed by atoms with Crippen molar-refractivity contribution >= 4 is 0 Å². The molecule has 0 unspecified atom stereocenters. The van der Waals surface area contributed by atoms with E-state index in [0.717, 1.165) is 0 Å². The third-order valence-corrected chi connectivity index (χ3v) is 0.770. The summed E-state index contributed by atoms with van der Waals surface area (Å²) in [6.45, 7) is 8.63. The van der Waals surface area contributed by atoms with Crippen molar-refractivity contribution in [1.29, 1.82) is 0 Å². The highest BCUT2D eigenvalue weighted by Gasteiger charge is 1.89. The molecule has 0 aromatic rings. The smallest absolute Gasteiger partial charge is 0.111 e. The van der Waals surface area contributed by atoms with Crippen molar-refractivity contribution in [3.05, 3.63) is 12.8 Å². The molecule has 0 spiro atoms. The minimum absolute atomic E-state index is 0.290. The van der Waals surface area contributed by atoms with Crippen LogP contribution >= 0.6 is 0 Å². The van der Waals surface area contributed by atoms with E-state index in [1.54, 1.807) is 0 Å². The molecule has 0 amide bonds. The van der Waals surface area contributed by atoms with Crippen molar-refractivity contribution in [3.63, 3.8) is 0 Å². The van der Waals surface area contributed by atoms with E-state index < -0.39 is 0 Å². The second kappa shape index (κ2) is 5.63. The second-order valence-electron chi connectivity index (χ2n) is 1.96. The van der Waals surface area contributed by atoms with Gasteiger partial charge < -0.3 is 9.47 Å². The molecular formula is C7H14O2. The minimum atomic E-state index is 0.290. The van der Waals surface area contributed by atoms with Crippen LogP contribution in [0.25, 0.3) is 0 Å². The molecule has 0 heterocycles. The maximum absolute atomic E-state index is 5.17. The first-order valence-corrected chi connectivity index (χ1v) is 3.11. The van der Waals surface area contributed by atoms with Crippen LogP contribution in [0.4, 0.5) is 0 Å². The monoisotopic (exact) mass is 130 g/mol. The first kappa shape index (κ1) is 8.50. The largest absolute Gasteiger partial charge is 0.499 e. The van der Waals surface area contributed by atoms with E-state index >= 15 is 0 Å². The fourth-order valence-corrected chi connectivity index (χ4v) is 0.415. The molecule has 9 heavy (non-hydrogen) atoms. The molecule has 0 saturated carbocycles. The van der Waals surface area contributed by atoms with Crippen LogP contribution < -0.4 is 0 Å². The van der Waals surface area contributed by atoms with Crippen LogP contribution in [0.15, 0.2) is 12.8 Å². The van der Waals surface area contributed by atoms with Crippen LogP contribution in [-0.4, -0.2) is 19.3 Å². The zero-order valence-corrected chi connectivity index (χ0v) is 6.09. The van der Waals surface area contributed by atoms with E-state index in [1.165, 1.54) is 6.26 Å². The van der Waals surface area contributed by atoms with Gasteiger partial charge in [-0.2, -0.15) is 0 Å². The maximum atomic E-state index is 5.17. The summed E-state index contributed by atoms with van der Waals surface area (Å²) in [6.07, 6.45) is 1.71. The Hall–Kier alpha value is -0.500. The van der Waals surface area contributed by atoms with Crippen LogP contribution in [0.3, 0.4) is 0 Å². The summed E-state index contributed by atoms with van der Waals surface area (Å²) in [6, 6.07) is 0. The van der Waals surface area contributed by atoms with E-state index in [4.69, 9.17) is 9.47 Å². The fraction of sp³-hybridized carbons (Fsp3) is 0.714. The molecule has 0 aliphatic carbocycles. The zero-order valence-electron chi connectivity index (χ0n) is 6.09. The molecule has 0 aromatic carbocycles. The maximum Gasteiger partial charge on any atom is 0.111 e. The lowest BCUT2D eigenvalue weighted by Gasteiger charge is -2.05. The average Bonchev–Trinajstić information content (AvgIpc) is 1.80. The lowest BCUT2D eigenvalue weighted by atomic mass is 10.5. The molecule has 2 nitrogen and oxygen atoms in total. The van der Waals surface area contributed by atoms with E-state index in [9.17, 15) is 0 Å². The van der Waals surface area contributed by atoms with E-state index in [0.29, 0.717) is 19.3 Å². The average molecular weight is 130 g/mol. The lowest BCUT2D eigenvalue weighted by molar-refractivity contribution is 0.0449. The molecule has 0 saturated heterocycles. The van der Waals surface area contributed by atoms with Crippen molar-refractivity contribution < 1.29 is 9.47 Å². The van der Waals surface area contributed by atoms with Gasteiger partial charge in [0.2, 0.25) is 0 Å². The van der Waals surface area contributed by atoms with E-state index in [2.05, 4.69) is 6.58 Å². The van der Waals surface area contributed by atoms with Gasteiger partial charge in [0.25, 0.3) is 0 Å². The van der Waals surface area contributed by atoms with Gasteiger partial charge in [0.15, 0.2) is 0 Å². The molecule has 0 aromatic heterocycles. The molecule has 2 heteroatoms. The zero-order chi connectivity index (χ0) is 7.11. The van der Waals surface area contributed by atoms with E-state index in [1.807, 2.05) is 13.8 Å².